The predicted octanol–water partition coefficient (Wildman–Crippen LogP) is 2.24. The van der Waals surface area contributed by atoms with Gasteiger partial charge in [0.25, 0.3) is 0 Å². The summed E-state index contributed by atoms with van der Waals surface area (Å²) < 4.78 is 42.0. The molecule has 0 amide bonds. The van der Waals surface area contributed by atoms with Crippen LogP contribution in [0.5, 0.6) is 0 Å². The van der Waals surface area contributed by atoms with Crippen LogP contribution in [0.3, 0.4) is 0 Å². The number of benzene rings is 1. The van der Waals surface area contributed by atoms with E-state index in [1.807, 2.05) is 30.3 Å². The fraction of sp³-hybridized carbons (Fsp3) is 0.385. The third-order valence-corrected chi connectivity index (χ3v) is 2.80. The topological polar surface area (TPSA) is 66.0 Å². The van der Waals surface area contributed by atoms with E-state index in [9.17, 15) is 13.2 Å². The molecule has 114 valence electrons. The molecule has 8 heteroatoms. The van der Waals surface area contributed by atoms with Crippen LogP contribution in [-0.2, 0) is 4.74 Å². The smallest absolute Gasteiger partial charge is 0.372 e. The molecule has 21 heavy (non-hydrogen) atoms. The normalized spacial score (nSPS) is 13.3. The summed E-state index contributed by atoms with van der Waals surface area (Å²) in [6.45, 7) is -1.35. The van der Waals surface area contributed by atoms with Gasteiger partial charge in [-0.3, -0.25) is 0 Å². The third kappa shape index (κ3) is 4.54. The highest BCUT2D eigenvalue weighted by Gasteiger charge is 2.27. The van der Waals surface area contributed by atoms with E-state index < -0.39 is 18.8 Å². The predicted molar refractivity (Wildman–Crippen MR) is 69.8 cm³/mol. The first-order valence-electron chi connectivity index (χ1n) is 6.33. The standard InChI is InChI=1S/C13H15F3N4O/c14-13(15,16)9-21-7-6-11(17)12-8-18-19-20(12)10-4-2-1-3-5-10/h1-5,8,11H,6-7,9,17H2. The highest BCUT2D eigenvalue weighted by atomic mass is 19.4. The van der Waals surface area contributed by atoms with Crippen molar-refractivity contribution in [3.05, 3.63) is 42.2 Å². The van der Waals surface area contributed by atoms with E-state index in [-0.39, 0.29) is 13.0 Å². The minimum atomic E-state index is -4.32. The number of rotatable bonds is 6. The van der Waals surface area contributed by atoms with Crippen LogP contribution in [0.25, 0.3) is 5.69 Å². The largest absolute Gasteiger partial charge is 0.411 e. The number of para-hydroxylation sites is 1. The Bertz CT molecular complexity index is 556. The monoisotopic (exact) mass is 300 g/mol. The molecule has 1 heterocycles. The van der Waals surface area contributed by atoms with Crippen molar-refractivity contribution in [1.29, 1.82) is 0 Å². The van der Waals surface area contributed by atoms with Crippen LogP contribution in [-0.4, -0.2) is 34.4 Å². The van der Waals surface area contributed by atoms with E-state index in [1.54, 1.807) is 4.68 Å². The molecular weight excluding hydrogens is 285 g/mol. The van der Waals surface area contributed by atoms with E-state index in [1.165, 1.54) is 6.20 Å². The van der Waals surface area contributed by atoms with Gasteiger partial charge in [0.15, 0.2) is 0 Å². The van der Waals surface area contributed by atoms with Crippen molar-refractivity contribution >= 4 is 0 Å². The second kappa shape index (κ2) is 6.68. The van der Waals surface area contributed by atoms with Crippen molar-refractivity contribution in [1.82, 2.24) is 15.0 Å². The second-order valence-electron chi connectivity index (χ2n) is 4.47. The van der Waals surface area contributed by atoms with Gasteiger partial charge in [0.2, 0.25) is 0 Å². The zero-order valence-electron chi connectivity index (χ0n) is 11.1. The third-order valence-electron chi connectivity index (χ3n) is 2.80. The Balaban J connectivity index is 1.95. The number of nitrogens with two attached hydrogens (primary N) is 1. The molecule has 0 saturated heterocycles. The fourth-order valence-corrected chi connectivity index (χ4v) is 1.81. The van der Waals surface area contributed by atoms with Crippen LogP contribution in [0.2, 0.25) is 0 Å². The molecule has 0 bridgehead atoms. The van der Waals surface area contributed by atoms with Crippen LogP contribution >= 0.6 is 0 Å². The molecule has 1 unspecified atom stereocenters. The highest BCUT2D eigenvalue weighted by molar-refractivity contribution is 5.32. The van der Waals surface area contributed by atoms with Crippen molar-refractivity contribution in [2.24, 2.45) is 5.73 Å². The van der Waals surface area contributed by atoms with Gasteiger partial charge >= 0.3 is 6.18 Å². The molecule has 0 aliphatic carbocycles. The Kier molecular flexibility index (Phi) is 4.92. The zero-order valence-corrected chi connectivity index (χ0v) is 11.1. The van der Waals surface area contributed by atoms with Gasteiger partial charge in [0, 0.05) is 6.61 Å². The molecule has 5 nitrogen and oxygen atoms in total. The van der Waals surface area contributed by atoms with Crippen LogP contribution in [0, 0.1) is 0 Å². The lowest BCUT2D eigenvalue weighted by molar-refractivity contribution is -0.174. The van der Waals surface area contributed by atoms with E-state index in [0.717, 1.165) is 5.69 Å². The number of alkyl halides is 3. The molecule has 0 saturated carbocycles. The Morgan fingerprint density at radius 1 is 1.24 bits per heavy atom. The maximum atomic E-state index is 12.0. The molecule has 2 aromatic rings. The van der Waals surface area contributed by atoms with Gasteiger partial charge in [0.1, 0.15) is 6.61 Å². The Hall–Kier alpha value is -1.93. The lowest BCUT2D eigenvalue weighted by atomic mass is 10.1. The van der Waals surface area contributed by atoms with Gasteiger partial charge in [-0.1, -0.05) is 23.4 Å². The lowest BCUT2D eigenvalue weighted by Crippen LogP contribution is -2.21. The average Bonchev–Trinajstić information content (AvgIpc) is 2.93. The van der Waals surface area contributed by atoms with Crippen LogP contribution in [0.4, 0.5) is 13.2 Å². The van der Waals surface area contributed by atoms with E-state index >= 15 is 0 Å². The zero-order chi connectivity index (χ0) is 15.3. The van der Waals surface area contributed by atoms with Gasteiger partial charge in [-0.25, -0.2) is 4.68 Å². The molecule has 0 aliphatic rings. The average molecular weight is 300 g/mol. The molecule has 0 aliphatic heterocycles. The molecule has 0 radical (unpaired) electrons. The number of hydrogen-bond donors (Lipinski definition) is 1. The van der Waals surface area contributed by atoms with Crippen LogP contribution in [0.1, 0.15) is 18.2 Å². The number of halogens is 3. The lowest BCUT2D eigenvalue weighted by Gasteiger charge is -2.14. The summed E-state index contributed by atoms with van der Waals surface area (Å²) >= 11 is 0. The number of nitrogens with zero attached hydrogens (tertiary/aromatic N) is 3. The number of aromatic nitrogens is 3. The summed E-state index contributed by atoms with van der Waals surface area (Å²) in [5.41, 5.74) is 7.38. The molecule has 1 aromatic carbocycles. The van der Waals surface area contributed by atoms with Gasteiger partial charge in [-0.05, 0) is 18.6 Å². The summed E-state index contributed by atoms with van der Waals surface area (Å²) in [4.78, 5) is 0. The summed E-state index contributed by atoms with van der Waals surface area (Å²) in [5.74, 6) is 0. The van der Waals surface area contributed by atoms with Crippen molar-refractivity contribution in [3.8, 4) is 5.69 Å². The number of hydrogen-bond acceptors (Lipinski definition) is 4. The van der Waals surface area contributed by atoms with Crippen molar-refractivity contribution in [2.45, 2.75) is 18.6 Å². The SMILES string of the molecule is NC(CCOCC(F)(F)F)c1cnnn1-c1ccccc1. The Morgan fingerprint density at radius 2 is 1.95 bits per heavy atom. The molecule has 2 rings (SSSR count). The minimum Gasteiger partial charge on any atom is -0.372 e. The van der Waals surface area contributed by atoms with E-state index in [0.29, 0.717) is 5.69 Å². The minimum absolute atomic E-state index is 0.0827. The van der Waals surface area contributed by atoms with Crippen molar-refractivity contribution in [2.75, 3.05) is 13.2 Å². The summed E-state index contributed by atoms with van der Waals surface area (Å²) in [5, 5.41) is 7.74. The number of ether oxygens (including phenoxy) is 1. The molecule has 1 atom stereocenters. The molecule has 2 N–H and O–H groups in total. The van der Waals surface area contributed by atoms with Gasteiger partial charge < -0.3 is 10.5 Å². The van der Waals surface area contributed by atoms with Crippen LogP contribution in [0.15, 0.2) is 36.5 Å². The summed E-state index contributed by atoms with van der Waals surface area (Å²) in [6, 6.07) is 8.73. The highest BCUT2D eigenvalue weighted by Crippen LogP contribution is 2.18. The molecular formula is C13H15F3N4O. The maximum Gasteiger partial charge on any atom is 0.411 e. The first kappa shape index (κ1) is 15.5. The Labute approximate surface area is 119 Å². The fourth-order valence-electron chi connectivity index (χ4n) is 1.81. The van der Waals surface area contributed by atoms with Gasteiger partial charge in [0.05, 0.1) is 23.6 Å². The molecule has 0 spiro atoms. The van der Waals surface area contributed by atoms with Gasteiger partial charge in [-0.15, -0.1) is 5.10 Å². The quantitative estimate of drug-likeness (QED) is 0.831. The maximum absolute atomic E-state index is 12.0. The first-order chi connectivity index (χ1) is 9.97. The van der Waals surface area contributed by atoms with Gasteiger partial charge in [-0.2, -0.15) is 13.2 Å². The van der Waals surface area contributed by atoms with Crippen molar-refractivity contribution < 1.29 is 17.9 Å². The second-order valence-corrected chi connectivity index (χ2v) is 4.47. The summed E-state index contributed by atoms with van der Waals surface area (Å²) in [6.07, 6.45) is -2.57. The first-order valence-corrected chi connectivity index (χ1v) is 6.33. The van der Waals surface area contributed by atoms with Crippen molar-refractivity contribution in [3.63, 3.8) is 0 Å². The van der Waals surface area contributed by atoms with E-state index in [4.69, 9.17) is 5.73 Å². The van der Waals surface area contributed by atoms with Crippen LogP contribution < -0.4 is 5.73 Å². The molecule has 1 aromatic heterocycles. The molecule has 0 fully saturated rings. The van der Waals surface area contributed by atoms with E-state index in [2.05, 4.69) is 15.0 Å². The summed E-state index contributed by atoms with van der Waals surface area (Å²) in [7, 11) is 0. The Morgan fingerprint density at radius 3 is 2.62 bits per heavy atom.